The van der Waals surface area contributed by atoms with Gasteiger partial charge in [0.05, 0.1) is 29.7 Å². The van der Waals surface area contributed by atoms with Crippen LogP contribution >= 0.6 is 0 Å². The van der Waals surface area contributed by atoms with E-state index in [1.165, 1.54) is 28.6 Å². The molecule has 0 fully saturated rings. The van der Waals surface area contributed by atoms with Crippen molar-refractivity contribution < 1.29 is 17.9 Å². The van der Waals surface area contributed by atoms with Crippen molar-refractivity contribution in [1.82, 2.24) is 4.31 Å². The number of hydrogen-bond acceptors (Lipinski definition) is 5. The van der Waals surface area contributed by atoms with Gasteiger partial charge in [-0.05, 0) is 47.5 Å². The van der Waals surface area contributed by atoms with E-state index >= 15 is 0 Å². The SMILES string of the molecule is N#Cc1ccc(S(=O)(=O)N2CCOc3ccc(COCc4ccccc4)cc3C2)cc1. The van der Waals surface area contributed by atoms with Gasteiger partial charge < -0.3 is 9.47 Å². The lowest BCUT2D eigenvalue weighted by Gasteiger charge is -2.19. The maximum absolute atomic E-state index is 13.1. The first-order valence-electron chi connectivity index (χ1n) is 9.93. The van der Waals surface area contributed by atoms with Crippen LogP contribution in [0.2, 0.25) is 0 Å². The maximum atomic E-state index is 13.1. The molecule has 0 radical (unpaired) electrons. The fraction of sp³-hybridized carbons (Fsp3) is 0.208. The summed E-state index contributed by atoms with van der Waals surface area (Å²) >= 11 is 0. The molecule has 6 nitrogen and oxygen atoms in total. The third-order valence-electron chi connectivity index (χ3n) is 5.07. The van der Waals surface area contributed by atoms with E-state index in [1.807, 2.05) is 54.6 Å². The molecule has 0 atom stereocenters. The van der Waals surface area contributed by atoms with Gasteiger partial charge in [-0.3, -0.25) is 0 Å². The Labute approximate surface area is 182 Å². The van der Waals surface area contributed by atoms with Crippen LogP contribution in [0.3, 0.4) is 0 Å². The molecule has 0 N–H and O–H groups in total. The Kier molecular flexibility index (Phi) is 6.33. The van der Waals surface area contributed by atoms with Gasteiger partial charge in [0.2, 0.25) is 10.0 Å². The molecule has 1 aliphatic heterocycles. The predicted molar refractivity (Wildman–Crippen MR) is 116 cm³/mol. The Morgan fingerprint density at radius 1 is 0.968 bits per heavy atom. The lowest BCUT2D eigenvalue weighted by molar-refractivity contribution is 0.107. The third-order valence-corrected chi connectivity index (χ3v) is 6.93. The molecular weight excluding hydrogens is 412 g/mol. The molecular formula is C24H22N2O4S. The number of ether oxygens (including phenoxy) is 2. The Hall–Kier alpha value is -3.18. The molecule has 0 amide bonds. The van der Waals surface area contributed by atoms with Gasteiger partial charge in [0.15, 0.2) is 0 Å². The lowest BCUT2D eigenvalue weighted by atomic mass is 10.1. The fourth-order valence-electron chi connectivity index (χ4n) is 3.43. The van der Waals surface area contributed by atoms with Crippen LogP contribution in [0, 0.1) is 11.3 Å². The Morgan fingerprint density at radius 3 is 2.45 bits per heavy atom. The zero-order valence-electron chi connectivity index (χ0n) is 16.9. The smallest absolute Gasteiger partial charge is 0.243 e. The van der Waals surface area contributed by atoms with Crippen LogP contribution in [0.15, 0.2) is 77.7 Å². The molecule has 158 valence electrons. The minimum absolute atomic E-state index is 0.164. The van der Waals surface area contributed by atoms with Crippen molar-refractivity contribution in [2.75, 3.05) is 13.2 Å². The molecule has 0 bridgehead atoms. The highest BCUT2D eigenvalue weighted by atomic mass is 32.2. The summed E-state index contributed by atoms with van der Waals surface area (Å²) in [6.45, 7) is 1.66. The summed E-state index contributed by atoms with van der Waals surface area (Å²) in [6, 6.07) is 23.6. The average molecular weight is 435 g/mol. The number of fused-ring (bicyclic) bond motifs is 1. The number of nitrogens with zero attached hydrogens (tertiary/aromatic N) is 2. The molecule has 1 heterocycles. The molecule has 0 saturated heterocycles. The minimum atomic E-state index is -3.71. The highest BCUT2D eigenvalue weighted by Crippen LogP contribution is 2.28. The largest absolute Gasteiger partial charge is 0.492 e. The Bertz CT molecular complexity index is 1190. The number of hydrogen-bond donors (Lipinski definition) is 0. The summed E-state index contributed by atoms with van der Waals surface area (Å²) < 4.78 is 39.3. The number of rotatable bonds is 6. The van der Waals surface area contributed by atoms with Gasteiger partial charge >= 0.3 is 0 Å². The second kappa shape index (κ2) is 9.31. The maximum Gasteiger partial charge on any atom is 0.243 e. The summed E-state index contributed by atoms with van der Waals surface area (Å²) in [7, 11) is -3.71. The van der Waals surface area contributed by atoms with Crippen molar-refractivity contribution in [2.45, 2.75) is 24.7 Å². The van der Waals surface area contributed by atoms with Crippen LogP contribution in [-0.2, 0) is 34.5 Å². The zero-order valence-corrected chi connectivity index (χ0v) is 17.7. The van der Waals surface area contributed by atoms with Crippen LogP contribution in [0.4, 0.5) is 0 Å². The van der Waals surface area contributed by atoms with Crippen molar-refractivity contribution >= 4 is 10.0 Å². The molecule has 31 heavy (non-hydrogen) atoms. The molecule has 0 aliphatic carbocycles. The van der Waals surface area contributed by atoms with E-state index in [0.717, 1.165) is 16.7 Å². The van der Waals surface area contributed by atoms with E-state index < -0.39 is 10.0 Å². The summed E-state index contributed by atoms with van der Waals surface area (Å²) in [5, 5.41) is 8.94. The first kappa shape index (κ1) is 21.1. The first-order chi connectivity index (χ1) is 15.1. The summed E-state index contributed by atoms with van der Waals surface area (Å²) in [6.07, 6.45) is 0. The first-order valence-corrected chi connectivity index (χ1v) is 11.4. The molecule has 0 saturated carbocycles. The minimum Gasteiger partial charge on any atom is -0.492 e. The lowest BCUT2D eigenvalue weighted by Crippen LogP contribution is -2.32. The van der Waals surface area contributed by atoms with Gasteiger partial charge in [0.1, 0.15) is 12.4 Å². The summed E-state index contributed by atoms with van der Waals surface area (Å²) in [5.41, 5.74) is 3.27. The van der Waals surface area contributed by atoms with Gasteiger partial charge in [-0.15, -0.1) is 0 Å². The quantitative estimate of drug-likeness (QED) is 0.589. The molecule has 0 spiro atoms. The standard InChI is InChI=1S/C24H22N2O4S/c25-15-19-6-9-23(10-7-19)31(27,28)26-12-13-30-24-11-8-21(14-22(24)16-26)18-29-17-20-4-2-1-3-5-20/h1-11,14H,12-13,16-18H2. The van der Waals surface area contributed by atoms with Gasteiger partial charge in [-0.1, -0.05) is 36.4 Å². The molecule has 7 heteroatoms. The van der Waals surface area contributed by atoms with Crippen LogP contribution < -0.4 is 4.74 Å². The predicted octanol–water partition coefficient (Wildman–Crippen LogP) is 3.86. The average Bonchev–Trinajstić information content (AvgIpc) is 3.02. The van der Waals surface area contributed by atoms with Gasteiger partial charge in [-0.2, -0.15) is 9.57 Å². The van der Waals surface area contributed by atoms with E-state index in [2.05, 4.69) is 0 Å². The van der Waals surface area contributed by atoms with E-state index in [1.54, 1.807) is 0 Å². The van der Waals surface area contributed by atoms with Crippen molar-refractivity contribution in [3.8, 4) is 11.8 Å². The Morgan fingerprint density at radius 2 is 1.71 bits per heavy atom. The van der Waals surface area contributed by atoms with Crippen molar-refractivity contribution in [3.05, 3.63) is 95.1 Å². The zero-order chi connectivity index (χ0) is 21.7. The highest BCUT2D eigenvalue weighted by molar-refractivity contribution is 7.89. The third kappa shape index (κ3) is 4.94. The number of sulfonamides is 1. The summed E-state index contributed by atoms with van der Waals surface area (Å²) in [5.74, 6) is 0.685. The van der Waals surface area contributed by atoms with Crippen molar-refractivity contribution in [3.63, 3.8) is 0 Å². The van der Waals surface area contributed by atoms with E-state index in [9.17, 15) is 8.42 Å². The molecule has 0 aromatic heterocycles. The van der Waals surface area contributed by atoms with E-state index in [0.29, 0.717) is 24.5 Å². The normalized spacial score (nSPS) is 14.2. The molecule has 1 aliphatic rings. The van der Waals surface area contributed by atoms with Crippen LogP contribution in [-0.4, -0.2) is 25.9 Å². The van der Waals surface area contributed by atoms with Crippen LogP contribution in [0.5, 0.6) is 5.75 Å². The molecule has 3 aromatic carbocycles. The van der Waals surface area contributed by atoms with Gasteiger partial charge in [0.25, 0.3) is 0 Å². The monoisotopic (exact) mass is 434 g/mol. The summed E-state index contributed by atoms with van der Waals surface area (Å²) in [4.78, 5) is 0.164. The Balaban J connectivity index is 1.49. The van der Waals surface area contributed by atoms with Gasteiger partial charge in [0, 0.05) is 18.7 Å². The molecule has 4 rings (SSSR count). The molecule has 0 unspecified atom stereocenters. The van der Waals surface area contributed by atoms with Crippen LogP contribution in [0.1, 0.15) is 22.3 Å². The topological polar surface area (TPSA) is 79.6 Å². The number of nitriles is 1. The van der Waals surface area contributed by atoms with E-state index in [-0.39, 0.29) is 24.6 Å². The van der Waals surface area contributed by atoms with Crippen molar-refractivity contribution in [1.29, 1.82) is 5.26 Å². The van der Waals surface area contributed by atoms with Crippen LogP contribution in [0.25, 0.3) is 0 Å². The second-order valence-electron chi connectivity index (χ2n) is 7.24. The molecule has 3 aromatic rings. The van der Waals surface area contributed by atoms with Gasteiger partial charge in [-0.25, -0.2) is 8.42 Å². The second-order valence-corrected chi connectivity index (χ2v) is 9.18. The van der Waals surface area contributed by atoms with Crippen molar-refractivity contribution in [2.24, 2.45) is 0 Å². The highest BCUT2D eigenvalue weighted by Gasteiger charge is 2.27. The van der Waals surface area contributed by atoms with E-state index in [4.69, 9.17) is 14.7 Å². The number of benzene rings is 3. The fourth-order valence-corrected chi connectivity index (χ4v) is 4.83.